The average Bonchev–Trinajstić information content (AvgIpc) is 2.76. The maximum absolute atomic E-state index is 13.5. The number of halogens is 3. The zero-order chi connectivity index (χ0) is 12.4. The number of hydrogen-bond acceptors (Lipinski definition) is 3. The van der Waals surface area contributed by atoms with Crippen molar-refractivity contribution in [3.63, 3.8) is 0 Å². The Morgan fingerprint density at radius 2 is 2.18 bits per heavy atom. The van der Waals surface area contributed by atoms with E-state index in [0.717, 1.165) is 17.8 Å². The van der Waals surface area contributed by atoms with Gasteiger partial charge >= 0.3 is 0 Å². The Morgan fingerprint density at radius 1 is 1.41 bits per heavy atom. The number of thiazole rings is 1. The molecule has 2 aromatic rings. The van der Waals surface area contributed by atoms with Crippen LogP contribution in [0.3, 0.4) is 0 Å². The number of benzene rings is 1. The summed E-state index contributed by atoms with van der Waals surface area (Å²) in [5, 5.41) is 4.75. The van der Waals surface area contributed by atoms with Crippen LogP contribution in [0.15, 0.2) is 23.0 Å². The van der Waals surface area contributed by atoms with Gasteiger partial charge in [-0.2, -0.15) is 0 Å². The molecule has 0 bridgehead atoms. The second kappa shape index (κ2) is 4.98. The van der Waals surface area contributed by atoms with Crippen molar-refractivity contribution in [3.8, 4) is 0 Å². The molecule has 1 atom stereocenters. The predicted molar refractivity (Wildman–Crippen MR) is 65.5 cm³/mol. The highest BCUT2D eigenvalue weighted by atomic mass is 35.5. The van der Waals surface area contributed by atoms with E-state index >= 15 is 0 Å². The molecular weight excluding hydrogens is 266 g/mol. The van der Waals surface area contributed by atoms with E-state index < -0.39 is 11.6 Å². The molecule has 0 spiro atoms. The largest absolute Gasteiger partial charge is 0.373 e. The molecule has 0 radical (unpaired) electrons. The van der Waals surface area contributed by atoms with Crippen molar-refractivity contribution in [2.75, 3.05) is 5.32 Å². The van der Waals surface area contributed by atoms with Crippen LogP contribution in [0.5, 0.6) is 0 Å². The summed E-state index contributed by atoms with van der Waals surface area (Å²) in [6.45, 7) is 1.83. The number of rotatable bonds is 3. The normalized spacial score (nSPS) is 12.5. The van der Waals surface area contributed by atoms with E-state index in [1.54, 1.807) is 5.51 Å². The molecule has 1 N–H and O–H groups in total. The van der Waals surface area contributed by atoms with Crippen LogP contribution in [0.1, 0.15) is 18.7 Å². The summed E-state index contributed by atoms with van der Waals surface area (Å²) in [5.74, 6) is -1.41. The minimum atomic E-state index is -0.711. The summed E-state index contributed by atoms with van der Waals surface area (Å²) >= 11 is 7.23. The van der Waals surface area contributed by atoms with Crippen LogP contribution in [0, 0.1) is 11.6 Å². The number of nitrogens with zero attached hydrogens (tertiary/aromatic N) is 1. The van der Waals surface area contributed by atoms with Gasteiger partial charge in [0.25, 0.3) is 0 Å². The van der Waals surface area contributed by atoms with Gasteiger partial charge in [0, 0.05) is 11.4 Å². The molecule has 17 heavy (non-hydrogen) atoms. The van der Waals surface area contributed by atoms with Crippen molar-refractivity contribution in [2.24, 2.45) is 0 Å². The monoisotopic (exact) mass is 274 g/mol. The number of hydrogen-bond donors (Lipinski definition) is 1. The highest BCUT2D eigenvalue weighted by Crippen LogP contribution is 2.29. The molecule has 6 heteroatoms. The second-order valence-electron chi connectivity index (χ2n) is 3.52. The molecule has 0 saturated heterocycles. The zero-order valence-electron chi connectivity index (χ0n) is 8.88. The van der Waals surface area contributed by atoms with Gasteiger partial charge in [0.05, 0.1) is 28.0 Å². The van der Waals surface area contributed by atoms with Crippen LogP contribution in [-0.4, -0.2) is 4.98 Å². The fourth-order valence-electron chi connectivity index (χ4n) is 1.41. The van der Waals surface area contributed by atoms with Gasteiger partial charge in [-0.05, 0) is 13.0 Å². The molecule has 1 heterocycles. The summed E-state index contributed by atoms with van der Waals surface area (Å²) < 4.78 is 26.4. The van der Waals surface area contributed by atoms with E-state index in [1.165, 1.54) is 11.3 Å². The van der Waals surface area contributed by atoms with Gasteiger partial charge in [0.1, 0.15) is 5.82 Å². The minimum absolute atomic E-state index is 0.0181. The van der Waals surface area contributed by atoms with E-state index in [4.69, 9.17) is 11.6 Å². The number of nitrogens with one attached hydrogen (secondary N) is 1. The summed E-state index contributed by atoms with van der Waals surface area (Å²) in [5.41, 5.74) is 2.57. The maximum Gasteiger partial charge on any atom is 0.150 e. The van der Waals surface area contributed by atoms with Gasteiger partial charge < -0.3 is 5.32 Å². The van der Waals surface area contributed by atoms with Crippen LogP contribution in [0.25, 0.3) is 0 Å². The molecule has 2 rings (SSSR count). The standard InChI is InChI=1S/C11H9ClF2N2S/c1-6(10-4-17-5-15-10)16-11-8(12)2-7(13)3-9(11)14/h2-6,16H,1H3. The fourth-order valence-corrected chi connectivity index (χ4v) is 2.30. The first-order valence-corrected chi connectivity index (χ1v) is 6.19. The first-order chi connectivity index (χ1) is 8.08. The third-order valence-electron chi connectivity index (χ3n) is 2.26. The van der Waals surface area contributed by atoms with E-state index in [0.29, 0.717) is 0 Å². The SMILES string of the molecule is CC(Nc1c(F)cc(F)cc1Cl)c1cscn1. The van der Waals surface area contributed by atoms with E-state index in [-0.39, 0.29) is 16.8 Å². The first kappa shape index (κ1) is 12.3. The van der Waals surface area contributed by atoms with E-state index in [1.807, 2.05) is 12.3 Å². The van der Waals surface area contributed by atoms with Gasteiger partial charge in [-0.3, -0.25) is 0 Å². The Hall–Kier alpha value is -1.20. The lowest BCUT2D eigenvalue weighted by Crippen LogP contribution is -2.09. The second-order valence-corrected chi connectivity index (χ2v) is 4.65. The summed E-state index contributed by atoms with van der Waals surface area (Å²) in [7, 11) is 0. The Balaban J connectivity index is 2.25. The third-order valence-corrected chi connectivity index (χ3v) is 3.17. The summed E-state index contributed by atoms with van der Waals surface area (Å²) in [6, 6.07) is 1.67. The van der Waals surface area contributed by atoms with Crippen LogP contribution < -0.4 is 5.32 Å². The highest BCUT2D eigenvalue weighted by Gasteiger charge is 2.14. The van der Waals surface area contributed by atoms with Crippen molar-refractivity contribution in [2.45, 2.75) is 13.0 Å². The maximum atomic E-state index is 13.5. The van der Waals surface area contributed by atoms with Crippen molar-refractivity contribution < 1.29 is 8.78 Å². The summed E-state index contributed by atoms with van der Waals surface area (Å²) in [4.78, 5) is 4.11. The smallest absolute Gasteiger partial charge is 0.150 e. The van der Waals surface area contributed by atoms with Gasteiger partial charge in [0.15, 0.2) is 5.82 Å². The zero-order valence-corrected chi connectivity index (χ0v) is 10.4. The lowest BCUT2D eigenvalue weighted by atomic mass is 10.2. The Morgan fingerprint density at radius 3 is 2.76 bits per heavy atom. The number of anilines is 1. The lowest BCUT2D eigenvalue weighted by Gasteiger charge is -2.15. The average molecular weight is 275 g/mol. The highest BCUT2D eigenvalue weighted by molar-refractivity contribution is 7.07. The van der Waals surface area contributed by atoms with Crippen molar-refractivity contribution in [1.82, 2.24) is 4.98 Å². The number of aromatic nitrogens is 1. The molecule has 0 aliphatic carbocycles. The van der Waals surface area contributed by atoms with Crippen molar-refractivity contribution >= 4 is 28.6 Å². The summed E-state index contributed by atoms with van der Waals surface area (Å²) in [6.07, 6.45) is 0. The third kappa shape index (κ3) is 2.73. The lowest BCUT2D eigenvalue weighted by molar-refractivity contribution is 0.583. The molecule has 1 aromatic carbocycles. The van der Waals surface area contributed by atoms with Crippen molar-refractivity contribution in [3.05, 3.63) is 45.4 Å². The van der Waals surface area contributed by atoms with E-state index in [2.05, 4.69) is 10.3 Å². The Kier molecular flexibility index (Phi) is 3.59. The molecule has 1 aromatic heterocycles. The molecule has 0 fully saturated rings. The van der Waals surface area contributed by atoms with E-state index in [9.17, 15) is 8.78 Å². The van der Waals surface area contributed by atoms with Gasteiger partial charge in [0.2, 0.25) is 0 Å². The molecule has 90 valence electrons. The molecule has 1 unspecified atom stereocenters. The van der Waals surface area contributed by atoms with Gasteiger partial charge in [-0.1, -0.05) is 11.6 Å². The van der Waals surface area contributed by atoms with Gasteiger partial charge in [-0.15, -0.1) is 11.3 Å². The van der Waals surface area contributed by atoms with Crippen LogP contribution in [0.4, 0.5) is 14.5 Å². The first-order valence-electron chi connectivity index (χ1n) is 4.87. The molecule has 0 amide bonds. The topological polar surface area (TPSA) is 24.9 Å². The molecular formula is C11H9ClF2N2S. The van der Waals surface area contributed by atoms with Crippen molar-refractivity contribution in [1.29, 1.82) is 0 Å². The van der Waals surface area contributed by atoms with Gasteiger partial charge in [-0.25, -0.2) is 13.8 Å². The molecule has 0 aliphatic rings. The minimum Gasteiger partial charge on any atom is -0.373 e. The molecule has 0 saturated carbocycles. The fraction of sp³-hybridized carbons (Fsp3) is 0.182. The van der Waals surface area contributed by atoms with Crippen LogP contribution in [-0.2, 0) is 0 Å². The Bertz CT molecular complexity index is 493. The molecule has 0 aliphatic heterocycles. The molecule has 2 nitrogen and oxygen atoms in total. The Labute approximate surface area is 106 Å². The quantitative estimate of drug-likeness (QED) is 0.905. The van der Waals surface area contributed by atoms with Crippen LogP contribution >= 0.6 is 22.9 Å². The van der Waals surface area contributed by atoms with Crippen LogP contribution in [0.2, 0.25) is 5.02 Å². The predicted octanol–water partition coefficient (Wildman–Crippen LogP) is 4.25.